The molecule has 2 saturated carbocycles. The van der Waals surface area contributed by atoms with E-state index in [9.17, 15) is 4.79 Å². The maximum Gasteiger partial charge on any atom is 0.249 e. The highest BCUT2D eigenvalue weighted by Crippen LogP contribution is 2.26. The Morgan fingerprint density at radius 1 is 1.12 bits per heavy atom. The molecule has 0 bridgehead atoms. The highest BCUT2D eigenvalue weighted by molar-refractivity contribution is 5.94. The van der Waals surface area contributed by atoms with E-state index in [1.165, 1.54) is 51.4 Å². The van der Waals surface area contributed by atoms with E-state index in [1.54, 1.807) is 0 Å². The summed E-state index contributed by atoms with van der Waals surface area (Å²) in [6.45, 7) is 8.32. The van der Waals surface area contributed by atoms with Crippen LogP contribution < -0.4 is 5.32 Å². The van der Waals surface area contributed by atoms with Gasteiger partial charge in [-0.1, -0.05) is 59.0 Å². The summed E-state index contributed by atoms with van der Waals surface area (Å²) >= 11 is 0. The Bertz CT molecular complexity index is 431. The van der Waals surface area contributed by atoms with Gasteiger partial charge in [0.15, 0.2) is 0 Å². The molecule has 1 N–H and O–H groups in total. The SMILES string of the molecule is C=CN(/C=C(/C(=O)NC1CCCCC1)C(C)CC)C1CCCCC1. The predicted molar refractivity (Wildman–Crippen MR) is 101 cm³/mol. The van der Waals surface area contributed by atoms with Gasteiger partial charge in [0, 0.05) is 23.9 Å². The molecule has 0 aromatic carbocycles. The first-order chi connectivity index (χ1) is 11.7. The molecule has 0 heterocycles. The van der Waals surface area contributed by atoms with Crippen molar-refractivity contribution >= 4 is 5.91 Å². The first kappa shape index (κ1) is 19.1. The standard InChI is InChI=1S/C21H36N2O/c1-4-17(3)20(21(24)22-18-12-8-6-9-13-18)16-23(5-2)19-14-10-7-11-15-19/h5,16-19H,2,4,6-15H2,1,3H3,(H,22,24)/b20-16+. The smallest absolute Gasteiger partial charge is 0.249 e. The van der Waals surface area contributed by atoms with E-state index < -0.39 is 0 Å². The van der Waals surface area contributed by atoms with Gasteiger partial charge in [-0.25, -0.2) is 0 Å². The van der Waals surface area contributed by atoms with Crippen molar-refractivity contribution in [1.29, 1.82) is 0 Å². The summed E-state index contributed by atoms with van der Waals surface area (Å²) in [6.07, 6.45) is 17.4. The molecule has 0 aliphatic heterocycles. The van der Waals surface area contributed by atoms with Crippen LogP contribution in [0, 0.1) is 5.92 Å². The third-order valence-electron chi connectivity index (χ3n) is 5.84. The van der Waals surface area contributed by atoms with Gasteiger partial charge in [0.1, 0.15) is 0 Å². The zero-order chi connectivity index (χ0) is 17.4. The maximum absolute atomic E-state index is 12.9. The van der Waals surface area contributed by atoms with Crippen molar-refractivity contribution in [3.63, 3.8) is 0 Å². The minimum absolute atomic E-state index is 0.138. The second kappa shape index (κ2) is 9.90. The second-order valence-electron chi connectivity index (χ2n) is 7.62. The third kappa shape index (κ3) is 5.39. The van der Waals surface area contributed by atoms with Crippen molar-refractivity contribution in [2.75, 3.05) is 0 Å². The normalized spacial score (nSPS) is 22.0. The van der Waals surface area contributed by atoms with Crippen LogP contribution in [0.25, 0.3) is 0 Å². The lowest BCUT2D eigenvalue weighted by Crippen LogP contribution is -2.39. The minimum Gasteiger partial charge on any atom is -0.351 e. The number of hydrogen-bond acceptors (Lipinski definition) is 2. The molecule has 0 radical (unpaired) electrons. The largest absolute Gasteiger partial charge is 0.351 e. The Kier molecular flexibility index (Phi) is 7.87. The van der Waals surface area contributed by atoms with Gasteiger partial charge in [0.2, 0.25) is 5.91 Å². The lowest BCUT2D eigenvalue weighted by molar-refractivity contribution is -0.119. The second-order valence-corrected chi connectivity index (χ2v) is 7.62. The number of amides is 1. The zero-order valence-corrected chi connectivity index (χ0v) is 15.7. The van der Waals surface area contributed by atoms with Crippen molar-refractivity contribution in [2.45, 2.75) is 96.6 Å². The minimum atomic E-state index is 0.138. The number of hydrogen-bond donors (Lipinski definition) is 1. The first-order valence-electron chi connectivity index (χ1n) is 10.1. The molecule has 24 heavy (non-hydrogen) atoms. The van der Waals surface area contributed by atoms with Gasteiger partial charge in [0.05, 0.1) is 0 Å². The molecule has 3 heteroatoms. The number of nitrogens with zero attached hydrogens (tertiary/aromatic N) is 1. The van der Waals surface area contributed by atoms with Crippen molar-refractivity contribution in [1.82, 2.24) is 10.2 Å². The fourth-order valence-electron chi connectivity index (χ4n) is 3.99. The van der Waals surface area contributed by atoms with Crippen molar-refractivity contribution in [3.8, 4) is 0 Å². The topological polar surface area (TPSA) is 32.3 Å². The number of carbonyl (C=O) groups is 1. The van der Waals surface area contributed by atoms with Crippen LogP contribution in [-0.2, 0) is 4.79 Å². The van der Waals surface area contributed by atoms with Crippen LogP contribution in [0.1, 0.15) is 84.5 Å². The van der Waals surface area contributed by atoms with Crippen LogP contribution >= 0.6 is 0 Å². The summed E-state index contributed by atoms with van der Waals surface area (Å²) < 4.78 is 0. The van der Waals surface area contributed by atoms with Gasteiger partial charge in [0.25, 0.3) is 0 Å². The lowest BCUT2D eigenvalue weighted by Gasteiger charge is -2.32. The first-order valence-corrected chi connectivity index (χ1v) is 10.1. The Hall–Kier alpha value is -1.25. The van der Waals surface area contributed by atoms with E-state index in [-0.39, 0.29) is 11.8 Å². The molecule has 0 saturated heterocycles. The van der Waals surface area contributed by atoms with Gasteiger partial charge < -0.3 is 10.2 Å². The Morgan fingerprint density at radius 3 is 2.25 bits per heavy atom. The third-order valence-corrected chi connectivity index (χ3v) is 5.84. The van der Waals surface area contributed by atoms with E-state index in [1.807, 2.05) is 6.20 Å². The Labute approximate surface area is 148 Å². The molecule has 0 aromatic heterocycles. The van der Waals surface area contributed by atoms with E-state index in [2.05, 4.69) is 36.8 Å². The molecule has 2 fully saturated rings. The van der Waals surface area contributed by atoms with Gasteiger partial charge in [-0.05, 0) is 44.2 Å². The quantitative estimate of drug-likeness (QED) is 0.654. The van der Waals surface area contributed by atoms with Crippen LogP contribution in [0.4, 0.5) is 0 Å². The number of nitrogens with one attached hydrogen (secondary N) is 1. The maximum atomic E-state index is 12.9. The van der Waals surface area contributed by atoms with E-state index in [0.29, 0.717) is 12.1 Å². The summed E-state index contributed by atoms with van der Waals surface area (Å²) in [5.41, 5.74) is 0.925. The van der Waals surface area contributed by atoms with Gasteiger partial charge in [-0.15, -0.1) is 0 Å². The molecule has 0 spiro atoms. The summed E-state index contributed by atoms with van der Waals surface area (Å²) in [4.78, 5) is 15.1. The van der Waals surface area contributed by atoms with Crippen molar-refractivity contribution in [2.24, 2.45) is 5.92 Å². The number of rotatable bonds is 7. The van der Waals surface area contributed by atoms with Crippen molar-refractivity contribution < 1.29 is 4.79 Å². The molecule has 2 aliphatic rings. The Morgan fingerprint density at radius 2 is 1.71 bits per heavy atom. The number of carbonyl (C=O) groups excluding carboxylic acids is 1. The van der Waals surface area contributed by atoms with Gasteiger partial charge in [-0.3, -0.25) is 4.79 Å². The van der Waals surface area contributed by atoms with Crippen LogP contribution in [0.2, 0.25) is 0 Å². The fraction of sp³-hybridized carbons (Fsp3) is 0.762. The van der Waals surface area contributed by atoms with E-state index in [0.717, 1.165) is 24.8 Å². The highest BCUT2D eigenvalue weighted by atomic mass is 16.1. The molecular weight excluding hydrogens is 296 g/mol. The van der Waals surface area contributed by atoms with Crippen molar-refractivity contribution in [3.05, 3.63) is 24.6 Å². The van der Waals surface area contributed by atoms with Crippen LogP contribution in [0.5, 0.6) is 0 Å². The molecule has 2 rings (SSSR count). The van der Waals surface area contributed by atoms with Gasteiger partial charge in [-0.2, -0.15) is 0 Å². The monoisotopic (exact) mass is 332 g/mol. The average Bonchev–Trinajstić information content (AvgIpc) is 2.63. The molecular formula is C21H36N2O. The zero-order valence-electron chi connectivity index (χ0n) is 15.7. The lowest BCUT2D eigenvalue weighted by atomic mass is 9.92. The molecule has 2 aliphatic carbocycles. The van der Waals surface area contributed by atoms with Crippen LogP contribution in [0.3, 0.4) is 0 Å². The fourth-order valence-corrected chi connectivity index (χ4v) is 3.99. The average molecular weight is 333 g/mol. The van der Waals surface area contributed by atoms with Gasteiger partial charge >= 0.3 is 0 Å². The molecule has 1 amide bonds. The Balaban J connectivity index is 2.09. The van der Waals surface area contributed by atoms with Crippen LogP contribution in [0.15, 0.2) is 24.6 Å². The molecule has 136 valence electrons. The highest BCUT2D eigenvalue weighted by Gasteiger charge is 2.23. The van der Waals surface area contributed by atoms with E-state index in [4.69, 9.17) is 0 Å². The molecule has 3 nitrogen and oxygen atoms in total. The summed E-state index contributed by atoms with van der Waals surface area (Å²) in [7, 11) is 0. The molecule has 1 atom stereocenters. The van der Waals surface area contributed by atoms with Crippen LogP contribution in [-0.4, -0.2) is 22.9 Å². The molecule has 1 unspecified atom stereocenters. The summed E-state index contributed by atoms with van der Waals surface area (Å²) in [6, 6.07) is 0.878. The summed E-state index contributed by atoms with van der Waals surface area (Å²) in [5, 5.41) is 3.30. The predicted octanol–water partition coefficient (Wildman–Crippen LogP) is 5.14. The molecule has 0 aromatic rings. The summed E-state index contributed by atoms with van der Waals surface area (Å²) in [5.74, 6) is 0.415. The van der Waals surface area contributed by atoms with E-state index >= 15 is 0 Å².